The summed E-state index contributed by atoms with van der Waals surface area (Å²) in [4.78, 5) is 20.8. The minimum absolute atomic E-state index is 0.124. The van der Waals surface area contributed by atoms with Crippen LogP contribution in [0.15, 0.2) is 22.7 Å². The van der Waals surface area contributed by atoms with Gasteiger partial charge in [-0.05, 0) is 28.4 Å². The van der Waals surface area contributed by atoms with Crippen LogP contribution < -0.4 is 0 Å². The van der Waals surface area contributed by atoms with Crippen molar-refractivity contribution < 1.29 is 14.8 Å². The standard InChI is InChI=1S/C9H8BrNO4/c1-5(9(12)13)6-3-2-4-7(8(6)10)11(14)15/h2-5H,1H3,(H,12,13). The average molecular weight is 274 g/mol. The number of hydrogen-bond donors (Lipinski definition) is 1. The highest BCUT2D eigenvalue weighted by molar-refractivity contribution is 9.10. The van der Waals surface area contributed by atoms with Gasteiger partial charge in [-0.25, -0.2) is 0 Å². The summed E-state index contributed by atoms with van der Waals surface area (Å²) >= 11 is 3.05. The van der Waals surface area contributed by atoms with Crippen molar-refractivity contribution in [2.75, 3.05) is 0 Å². The minimum atomic E-state index is -1.02. The van der Waals surface area contributed by atoms with Gasteiger partial charge in [0, 0.05) is 6.07 Å². The van der Waals surface area contributed by atoms with Gasteiger partial charge in [0.05, 0.1) is 15.3 Å². The van der Waals surface area contributed by atoms with E-state index in [1.807, 2.05) is 0 Å². The fraction of sp³-hybridized carbons (Fsp3) is 0.222. The van der Waals surface area contributed by atoms with Crippen molar-refractivity contribution in [2.45, 2.75) is 12.8 Å². The van der Waals surface area contributed by atoms with E-state index in [9.17, 15) is 14.9 Å². The normalized spacial score (nSPS) is 12.1. The van der Waals surface area contributed by atoms with Crippen LogP contribution in [0.5, 0.6) is 0 Å². The van der Waals surface area contributed by atoms with Crippen molar-refractivity contribution in [3.05, 3.63) is 38.3 Å². The third-order valence-corrected chi connectivity index (χ3v) is 2.91. The first-order chi connectivity index (χ1) is 6.95. The van der Waals surface area contributed by atoms with Crippen LogP contribution in [-0.2, 0) is 4.79 Å². The lowest BCUT2D eigenvalue weighted by Crippen LogP contribution is -2.08. The zero-order valence-corrected chi connectivity index (χ0v) is 9.39. The smallest absolute Gasteiger partial charge is 0.310 e. The Balaban J connectivity index is 3.26. The van der Waals surface area contributed by atoms with Crippen LogP contribution >= 0.6 is 15.9 Å². The maximum atomic E-state index is 10.7. The van der Waals surface area contributed by atoms with Gasteiger partial charge in [0.1, 0.15) is 0 Å². The van der Waals surface area contributed by atoms with E-state index in [1.165, 1.54) is 19.1 Å². The molecule has 1 N–H and O–H groups in total. The van der Waals surface area contributed by atoms with E-state index < -0.39 is 16.8 Å². The number of nitro benzene ring substituents is 1. The summed E-state index contributed by atoms with van der Waals surface area (Å²) in [5, 5.41) is 19.4. The lowest BCUT2D eigenvalue weighted by molar-refractivity contribution is -0.385. The summed E-state index contributed by atoms with van der Waals surface area (Å²) in [5.74, 6) is -1.80. The Morgan fingerprint density at radius 3 is 2.67 bits per heavy atom. The van der Waals surface area contributed by atoms with Crippen LogP contribution in [0, 0.1) is 10.1 Å². The molecule has 1 unspecified atom stereocenters. The largest absolute Gasteiger partial charge is 0.481 e. The van der Waals surface area contributed by atoms with Gasteiger partial charge >= 0.3 is 5.97 Å². The Kier molecular flexibility index (Phi) is 3.41. The van der Waals surface area contributed by atoms with E-state index in [4.69, 9.17) is 5.11 Å². The lowest BCUT2D eigenvalue weighted by atomic mass is 10.0. The summed E-state index contributed by atoms with van der Waals surface area (Å²) in [7, 11) is 0. The molecule has 0 amide bonds. The van der Waals surface area contributed by atoms with Gasteiger partial charge < -0.3 is 5.11 Å². The highest BCUT2D eigenvalue weighted by Crippen LogP contribution is 2.32. The van der Waals surface area contributed by atoms with E-state index in [1.54, 1.807) is 6.07 Å². The van der Waals surface area contributed by atoms with Crippen molar-refractivity contribution >= 4 is 27.6 Å². The zero-order valence-electron chi connectivity index (χ0n) is 7.81. The number of aliphatic carboxylic acids is 1. The molecule has 0 aromatic heterocycles. The molecule has 0 saturated heterocycles. The van der Waals surface area contributed by atoms with E-state index >= 15 is 0 Å². The summed E-state index contributed by atoms with van der Waals surface area (Å²) in [6.45, 7) is 1.48. The van der Waals surface area contributed by atoms with Gasteiger partial charge in [-0.2, -0.15) is 0 Å². The molecule has 0 fully saturated rings. The first-order valence-electron chi connectivity index (χ1n) is 4.10. The Morgan fingerprint density at radius 2 is 2.20 bits per heavy atom. The molecule has 0 saturated carbocycles. The molecule has 80 valence electrons. The molecule has 0 bridgehead atoms. The van der Waals surface area contributed by atoms with Crippen LogP contribution in [-0.4, -0.2) is 16.0 Å². The number of nitrogens with zero attached hydrogens (tertiary/aromatic N) is 1. The molecule has 0 aliphatic carbocycles. The topological polar surface area (TPSA) is 80.4 Å². The SMILES string of the molecule is CC(C(=O)O)c1cccc([N+](=O)[O-])c1Br. The summed E-state index contributed by atoms with van der Waals surface area (Å²) in [6, 6.07) is 4.34. The summed E-state index contributed by atoms with van der Waals surface area (Å²) in [6.07, 6.45) is 0. The Morgan fingerprint density at radius 1 is 1.60 bits per heavy atom. The molecule has 5 nitrogen and oxygen atoms in total. The summed E-state index contributed by atoms with van der Waals surface area (Å²) < 4.78 is 0.227. The summed E-state index contributed by atoms with van der Waals surface area (Å²) in [5.41, 5.74) is 0.275. The van der Waals surface area contributed by atoms with Crippen LogP contribution in [0.25, 0.3) is 0 Å². The molecule has 0 radical (unpaired) electrons. The first kappa shape index (κ1) is 11.6. The maximum absolute atomic E-state index is 10.7. The monoisotopic (exact) mass is 273 g/mol. The molecule has 1 rings (SSSR count). The van der Waals surface area contributed by atoms with Crippen LogP contribution in [0.3, 0.4) is 0 Å². The predicted octanol–water partition coefficient (Wildman–Crippen LogP) is 2.55. The van der Waals surface area contributed by atoms with Crippen molar-refractivity contribution in [3.8, 4) is 0 Å². The molecule has 15 heavy (non-hydrogen) atoms. The molecule has 1 aromatic carbocycles. The van der Waals surface area contributed by atoms with Gasteiger partial charge in [-0.1, -0.05) is 12.1 Å². The van der Waals surface area contributed by atoms with E-state index in [0.29, 0.717) is 5.56 Å². The van der Waals surface area contributed by atoms with Crippen molar-refractivity contribution in [3.63, 3.8) is 0 Å². The number of halogens is 1. The van der Waals surface area contributed by atoms with Gasteiger partial charge in [0.25, 0.3) is 5.69 Å². The third-order valence-electron chi connectivity index (χ3n) is 2.04. The second-order valence-electron chi connectivity index (χ2n) is 3.00. The molecule has 0 aliphatic heterocycles. The fourth-order valence-electron chi connectivity index (χ4n) is 1.15. The van der Waals surface area contributed by atoms with Crippen molar-refractivity contribution in [2.24, 2.45) is 0 Å². The number of carbonyl (C=O) groups is 1. The molecule has 0 heterocycles. The third kappa shape index (κ3) is 2.33. The van der Waals surface area contributed by atoms with Gasteiger partial charge in [0.2, 0.25) is 0 Å². The van der Waals surface area contributed by atoms with E-state index in [2.05, 4.69) is 15.9 Å². The number of carboxylic acid groups (broad SMARTS) is 1. The van der Waals surface area contributed by atoms with E-state index in [-0.39, 0.29) is 10.2 Å². The molecule has 6 heteroatoms. The molecular weight excluding hydrogens is 266 g/mol. The Bertz CT molecular complexity index is 419. The highest BCUT2D eigenvalue weighted by atomic mass is 79.9. The highest BCUT2D eigenvalue weighted by Gasteiger charge is 2.22. The van der Waals surface area contributed by atoms with E-state index in [0.717, 1.165) is 0 Å². The second-order valence-corrected chi connectivity index (χ2v) is 3.79. The quantitative estimate of drug-likeness (QED) is 0.678. The van der Waals surface area contributed by atoms with Gasteiger partial charge in [-0.3, -0.25) is 14.9 Å². The molecule has 1 atom stereocenters. The first-order valence-corrected chi connectivity index (χ1v) is 4.90. The Hall–Kier alpha value is -1.43. The fourth-order valence-corrected chi connectivity index (χ4v) is 1.90. The van der Waals surface area contributed by atoms with Crippen LogP contribution in [0.4, 0.5) is 5.69 Å². The lowest BCUT2D eigenvalue weighted by Gasteiger charge is -2.08. The molecule has 1 aromatic rings. The van der Waals surface area contributed by atoms with Gasteiger partial charge in [-0.15, -0.1) is 0 Å². The van der Waals surface area contributed by atoms with Crippen molar-refractivity contribution in [1.82, 2.24) is 0 Å². The molecular formula is C9H8BrNO4. The number of benzene rings is 1. The molecule has 0 spiro atoms. The number of rotatable bonds is 3. The number of carboxylic acids is 1. The average Bonchev–Trinajstić information content (AvgIpc) is 2.16. The minimum Gasteiger partial charge on any atom is -0.481 e. The predicted molar refractivity (Wildman–Crippen MR) is 56.8 cm³/mol. The second kappa shape index (κ2) is 4.39. The van der Waals surface area contributed by atoms with Gasteiger partial charge in [0.15, 0.2) is 0 Å². The van der Waals surface area contributed by atoms with Crippen molar-refractivity contribution in [1.29, 1.82) is 0 Å². The molecule has 0 aliphatic rings. The Labute approximate surface area is 94.0 Å². The van der Waals surface area contributed by atoms with Crippen LogP contribution in [0.1, 0.15) is 18.4 Å². The zero-order chi connectivity index (χ0) is 11.6. The van der Waals surface area contributed by atoms with Crippen LogP contribution in [0.2, 0.25) is 0 Å². The number of nitro groups is 1. The number of hydrogen-bond acceptors (Lipinski definition) is 3. The maximum Gasteiger partial charge on any atom is 0.310 e.